The Hall–Kier alpha value is -5.56. The van der Waals surface area contributed by atoms with Crippen LogP contribution in [-0.2, 0) is 19.1 Å². The number of carbonyl (C=O) groups is 5. The van der Waals surface area contributed by atoms with Crippen molar-refractivity contribution < 1.29 is 33.4 Å². The number of nitrogens with one attached hydrogen (secondary N) is 4. The Morgan fingerprint density at radius 1 is 0.548 bits per heavy atom. The molecule has 0 spiro atoms. The Morgan fingerprint density at radius 2 is 0.952 bits per heavy atom. The number of hydrogen-bond acceptors (Lipinski definition) is 8. The van der Waals surface area contributed by atoms with Crippen LogP contribution < -0.4 is 27.0 Å². The first-order valence-corrected chi connectivity index (χ1v) is 21.8. The lowest BCUT2D eigenvalue weighted by molar-refractivity contribution is -0.149. The zero-order valence-electron chi connectivity index (χ0n) is 34.6. The third-order valence-electron chi connectivity index (χ3n) is 11.6. The molecule has 6 N–H and O–H groups in total. The van der Waals surface area contributed by atoms with Gasteiger partial charge in [-0.2, -0.15) is 0 Å². The van der Waals surface area contributed by atoms with E-state index in [1.54, 1.807) is 24.3 Å². The van der Waals surface area contributed by atoms with E-state index in [0.717, 1.165) is 72.9 Å². The summed E-state index contributed by atoms with van der Waals surface area (Å²) in [4.78, 5) is 64.8. The molecule has 2 aliphatic rings. The lowest BCUT2D eigenvalue weighted by atomic mass is 9.89. The van der Waals surface area contributed by atoms with Gasteiger partial charge in [0.15, 0.2) is 0 Å². The molecule has 2 fully saturated rings. The number of hydrogen-bond donors (Lipinski definition) is 5. The van der Waals surface area contributed by atoms with E-state index in [0.29, 0.717) is 42.0 Å². The predicted molar refractivity (Wildman–Crippen MR) is 246 cm³/mol. The fourth-order valence-electron chi connectivity index (χ4n) is 8.30. The van der Waals surface area contributed by atoms with Crippen molar-refractivity contribution in [2.24, 2.45) is 0 Å². The van der Waals surface area contributed by atoms with Crippen LogP contribution in [0.4, 0.5) is 21.9 Å². The number of nitrogen functional groups attached to an aromatic ring is 1. The number of amides is 4. The molecule has 0 unspecified atom stereocenters. The zero-order chi connectivity index (χ0) is 44.4. The number of rotatable bonds is 8. The van der Waals surface area contributed by atoms with Crippen molar-refractivity contribution in [3.05, 3.63) is 111 Å². The lowest BCUT2D eigenvalue weighted by Crippen LogP contribution is -2.54. The van der Waals surface area contributed by atoms with Gasteiger partial charge in [-0.3, -0.25) is 9.59 Å². The number of fused-ring (bicyclic) bond motifs is 2. The Kier molecular flexibility index (Phi) is 15.2. The molecular weight excluding hydrogens is 853 g/mol. The summed E-state index contributed by atoms with van der Waals surface area (Å²) in [6, 6.07) is 24.4. The van der Waals surface area contributed by atoms with Gasteiger partial charge in [0.1, 0.15) is 11.1 Å². The smallest absolute Gasteiger partial charge is 0.331 e. The Balaban J connectivity index is 0.000000223. The number of urea groups is 1. The molecule has 2 saturated carbocycles. The largest absolute Gasteiger partial charge is 0.467 e. The monoisotopic (exact) mass is 901 g/mol. The SMILES string of the molecule is COC(=O)C1(NC(=O)c2cc3ccccc3cc2N)CCCCCC1.COC(=O)C1(NC(=O)c2cc3ccccc3cc2NC(=O)Nc2c(Cl)cc(Cl)cc2Cl)CCCCCC1. The zero-order valence-corrected chi connectivity index (χ0v) is 36.9. The summed E-state index contributed by atoms with van der Waals surface area (Å²) in [6.07, 6.45) is 9.61. The van der Waals surface area contributed by atoms with E-state index < -0.39 is 29.0 Å². The molecule has 0 saturated heterocycles. The van der Waals surface area contributed by atoms with E-state index in [-0.39, 0.29) is 38.9 Å². The summed E-state index contributed by atoms with van der Waals surface area (Å²) in [6.45, 7) is 0. The molecule has 4 amide bonds. The maximum atomic E-state index is 13.7. The fraction of sp³-hybridized carbons (Fsp3) is 0.340. The average molecular weight is 903 g/mol. The highest BCUT2D eigenvalue weighted by molar-refractivity contribution is 6.42. The molecule has 0 atom stereocenters. The highest BCUT2D eigenvalue weighted by atomic mass is 35.5. The van der Waals surface area contributed by atoms with E-state index in [2.05, 4.69) is 21.3 Å². The fourth-order valence-corrected chi connectivity index (χ4v) is 9.21. The second-order valence-corrected chi connectivity index (χ2v) is 17.0. The van der Waals surface area contributed by atoms with Gasteiger partial charge in [0.05, 0.1) is 46.8 Å². The molecule has 2 aliphatic carbocycles. The molecule has 15 heteroatoms. The molecule has 5 aromatic rings. The second kappa shape index (κ2) is 20.5. The summed E-state index contributed by atoms with van der Waals surface area (Å²) < 4.78 is 10.1. The van der Waals surface area contributed by atoms with Crippen LogP contribution in [0.5, 0.6) is 0 Å². The predicted octanol–water partition coefficient (Wildman–Crippen LogP) is 10.9. The third-order valence-corrected chi connectivity index (χ3v) is 12.4. The number of nitrogens with two attached hydrogens (primary N) is 1. The average Bonchev–Trinajstić information content (AvgIpc) is 3.66. The van der Waals surface area contributed by atoms with Crippen LogP contribution >= 0.6 is 34.8 Å². The van der Waals surface area contributed by atoms with Gasteiger partial charge in [-0.15, -0.1) is 0 Å². The van der Waals surface area contributed by atoms with Gasteiger partial charge in [-0.1, -0.05) is 135 Å². The normalized spacial score (nSPS) is 15.7. The Bertz CT molecular complexity index is 2460. The maximum Gasteiger partial charge on any atom is 0.331 e. The molecule has 0 aliphatic heterocycles. The number of benzene rings is 5. The number of esters is 2. The van der Waals surface area contributed by atoms with Crippen LogP contribution in [0, 0.1) is 0 Å². The topological polar surface area (TPSA) is 178 Å². The highest BCUT2D eigenvalue weighted by Crippen LogP contribution is 2.35. The Morgan fingerprint density at radius 3 is 1.40 bits per heavy atom. The van der Waals surface area contributed by atoms with Crippen LogP contribution in [0.25, 0.3) is 21.5 Å². The van der Waals surface area contributed by atoms with Crippen molar-refractivity contribution in [1.29, 1.82) is 0 Å². The van der Waals surface area contributed by atoms with Crippen LogP contribution in [-0.4, -0.2) is 55.1 Å². The number of carbonyl (C=O) groups excluding carboxylic acids is 5. The van der Waals surface area contributed by atoms with E-state index in [1.807, 2.05) is 48.5 Å². The minimum Gasteiger partial charge on any atom is -0.467 e. The quantitative estimate of drug-likeness (QED) is 0.0580. The molecule has 0 aromatic heterocycles. The molecule has 0 radical (unpaired) electrons. The molecule has 5 aromatic carbocycles. The summed E-state index contributed by atoms with van der Waals surface area (Å²) in [7, 11) is 2.69. The Labute approximate surface area is 375 Å². The molecule has 0 heterocycles. The van der Waals surface area contributed by atoms with Crippen LogP contribution in [0.1, 0.15) is 97.8 Å². The van der Waals surface area contributed by atoms with Crippen molar-refractivity contribution in [2.75, 3.05) is 30.6 Å². The van der Waals surface area contributed by atoms with Gasteiger partial charge in [-0.25, -0.2) is 14.4 Å². The summed E-state index contributed by atoms with van der Waals surface area (Å²) in [5.74, 6) is -1.66. The van der Waals surface area contributed by atoms with E-state index in [1.165, 1.54) is 26.4 Å². The maximum absolute atomic E-state index is 13.7. The van der Waals surface area contributed by atoms with Crippen molar-refractivity contribution in [2.45, 2.75) is 88.1 Å². The molecular formula is C47H50Cl3N5O7. The first kappa shape index (κ1) is 46.0. The van der Waals surface area contributed by atoms with Crippen LogP contribution in [0.2, 0.25) is 15.1 Å². The van der Waals surface area contributed by atoms with E-state index in [9.17, 15) is 24.0 Å². The number of ether oxygens (including phenoxy) is 2. The number of halogens is 3. The molecule has 62 heavy (non-hydrogen) atoms. The van der Waals surface area contributed by atoms with Gasteiger partial charge < -0.3 is 36.5 Å². The van der Waals surface area contributed by atoms with Gasteiger partial charge in [0.2, 0.25) is 0 Å². The number of methoxy groups -OCH3 is 2. The van der Waals surface area contributed by atoms with Gasteiger partial charge >= 0.3 is 18.0 Å². The molecule has 12 nitrogen and oxygen atoms in total. The first-order valence-electron chi connectivity index (χ1n) is 20.6. The standard InChI is InChI=1S/C27H26Cl3N3O4.C20H24N2O3/c1-37-25(35)27(10-6-2-3-7-11-27)33-24(34)19-12-16-8-4-5-9-17(16)13-22(19)31-26(36)32-23-20(29)14-18(28)15-21(23)30;1-25-19(24)20(10-6-2-3-7-11-20)22-18(23)16-12-14-8-4-5-9-15(14)13-17(16)21/h4-5,8-9,12-15H,2-3,6-7,10-11H2,1H3,(H,33,34)(H2,31,32,36);4-5,8-9,12-13H,2-3,6-7,10-11,21H2,1H3,(H,22,23). The summed E-state index contributed by atoms with van der Waals surface area (Å²) in [5, 5.41) is 15.4. The minimum atomic E-state index is -1.13. The lowest BCUT2D eigenvalue weighted by Gasteiger charge is -2.31. The summed E-state index contributed by atoms with van der Waals surface area (Å²) in [5.41, 5.74) is 5.45. The van der Waals surface area contributed by atoms with Gasteiger partial charge in [0.25, 0.3) is 11.8 Å². The highest BCUT2D eigenvalue weighted by Gasteiger charge is 2.43. The van der Waals surface area contributed by atoms with Crippen LogP contribution in [0.15, 0.2) is 84.9 Å². The van der Waals surface area contributed by atoms with E-state index in [4.69, 9.17) is 50.0 Å². The first-order chi connectivity index (χ1) is 29.8. The summed E-state index contributed by atoms with van der Waals surface area (Å²) >= 11 is 18.4. The van der Waals surface area contributed by atoms with Crippen molar-refractivity contribution in [3.8, 4) is 0 Å². The van der Waals surface area contributed by atoms with E-state index >= 15 is 0 Å². The van der Waals surface area contributed by atoms with Crippen molar-refractivity contribution >= 4 is 103 Å². The second-order valence-electron chi connectivity index (χ2n) is 15.7. The molecule has 7 rings (SSSR count). The van der Waals surface area contributed by atoms with Gasteiger partial charge in [-0.05, 0) is 83.6 Å². The van der Waals surface area contributed by atoms with Crippen molar-refractivity contribution in [3.63, 3.8) is 0 Å². The van der Waals surface area contributed by atoms with Crippen molar-refractivity contribution in [1.82, 2.24) is 10.6 Å². The molecule has 326 valence electrons. The van der Waals surface area contributed by atoms with Gasteiger partial charge in [0, 0.05) is 10.7 Å². The third kappa shape index (κ3) is 10.7. The number of anilines is 3. The minimum absolute atomic E-state index is 0.164. The van der Waals surface area contributed by atoms with Crippen LogP contribution in [0.3, 0.4) is 0 Å². The molecule has 0 bridgehead atoms.